The minimum atomic E-state index is -0.722. The number of carbonyl (C=O) groups excluding carboxylic acids is 3. The van der Waals surface area contributed by atoms with E-state index in [4.69, 9.17) is 16.2 Å². The highest BCUT2D eigenvalue weighted by Crippen LogP contribution is 2.22. The Morgan fingerprint density at radius 1 is 0.957 bits per heavy atom. The van der Waals surface area contributed by atoms with E-state index < -0.39 is 24.5 Å². The van der Waals surface area contributed by atoms with Crippen LogP contribution in [0, 0.1) is 0 Å². The summed E-state index contributed by atoms with van der Waals surface area (Å²) in [6.07, 6.45) is 0. The van der Waals surface area contributed by atoms with Gasteiger partial charge in [-0.25, -0.2) is 9.69 Å². The van der Waals surface area contributed by atoms with E-state index in [2.05, 4.69) is 0 Å². The SMILES string of the molecule is Nc1cc(N)cc(C(=O)OCN2C(=O)c3ccccc3C2=O)c1. The van der Waals surface area contributed by atoms with E-state index >= 15 is 0 Å². The second-order valence-corrected chi connectivity index (χ2v) is 5.03. The Hall–Kier alpha value is -3.35. The highest BCUT2D eigenvalue weighted by Gasteiger charge is 2.35. The maximum atomic E-state index is 12.1. The number of rotatable bonds is 3. The molecule has 0 radical (unpaired) electrons. The quantitative estimate of drug-likeness (QED) is 0.501. The normalized spacial score (nSPS) is 13.1. The maximum absolute atomic E-state index is 12.1. The van der Waals surface area contributed by atoms with Crippen molar-refractivity contribution in [1.82, 2.24) is 4.90 Å². The summed E-state index contributed by atoms with van der Waals surface area (Å²) >= 11 is 0. The third-order valence-corrected chi connectivity index (χ3v) is 3.42. The fourth-order valence-corrected chi connectivity index (χ4v) is 2.36. The van der Waals surface area contributed by atoms with Crippen molar-refractivity contribution >= 4 is 29.2 Å². The van der Waals surface area contributed by atoms with Gasteiger partial charge in [0.2, 0.25) is 0 Å². The van der Waals surface area contributed by atoms with E-state index in [0.29, 0.717) is 22.5 Å². The average Bonchev–Trinajstić information content (AvgIpc) is 2.76. The van der Waals surface area contributed by atoms with E-state index in [1.54, 1.807) is 24.3 Å². The van der Waals surface area contributed by atoms with Gasteiger partial charge >= 0.3 is 5.97 Å². The van der Waals surface area contributed by atoms with E-state index in [1.807, 2.05) is 0 Å². The minimum absolute atomic E-state index is 0.152. The number of nitrogen functional groups attached to an aromatic ring is 2. The summed E-state index contributed by atoms with van der Waals surface area (Å²) in [5.41, 5.74) is 12.6. The molecule has 2 amide bonds. The van der Waals surface area contributed by atoms with Crippen LogP contribution in [-0.4, -0.2) is 29.4 Å². The number of imide groups is 1. The van der Waals surface area contributed by atoms with Gasteiger partial charge in [-0.3, -0.25) is 9.59 Å². The van der Waals surface area contributed by atoms with E-state index in [9.17, 15) is 14.4 Å². The van der Waals surface area contributed by atoms with E-state index in [1.165, 1.54) is 18.2 Å². The predicted octanol–water partition coefficient (Wildman–Crippen LogP) is 1.26. The molecule has 0 spiro atoms. The predicted molar refractivity (Wildman–Crippen MR) is 82.5 cm³/mol. The average molecular weight is 311 g/mol. The number of benzene rings is 2. The Balaban J connectivity index is 1.73. The second kappa shape index (κ2) is 5.45. The zero-order valence-corrected chi connectivity index (χ0v) is 12.0. The van der Waals surface area contributed by atoms with Crippen LogP contribution in [0.3, 0.4) is 0 Å². The van der Waals surface area contributed by atoms with Gasteiger partial charge < -0.3 is 16.2 Å². The molecule has 0 unspecified atom stereocenters. The van der Waals surface area contributed by atoms with Gasteiger partial charge in [0.1, 0.15) is 0 Å². The molecule has 1 aliphatic heterocycles. The van der Waals surface area contributed by atoms with Gasteiger partial charge in [0, 0.05) is 11.4 Å². The first kappa shape index (κ1) is 14.6. The van der Waals surface area contributed by atoms with Crippen LogP contribution in [-0.2, 0) is 4.74 Å². The Kier molecular flexibility index (Phi) is 3.46. The van der Waals surface area contributed by atoms with Gasteiger partial charge in [-0.2, -0.15) is 0 Å². The summed E-state index contributed by atoms with van der Waals surface area (Å²) in [6, 6.07) is 10.7. The summed E-state index contributed by atoms with van der Waals surface area (Å²) in [4.78, 5) is 37.2. The van der Waals surface area contributed by atoms with Crippen LogP contribution in [0.2, 0.25) is 0 Å². The Labute approximate surface area is 131 Å². The Bertz CT molecular complexity index is 777. The molecule has 0 aliphatic carbocycles. The first-order valence-corrected chi connectivity index (χ1v) is 6.76. The third kappa shape index (κ3) is 2.59. The molecule has 0 saturated carbocycles. The number of fused-ring (bicyclic) bond motifs is 1. The van der Waals surface area contributed by atoms with Crippen LogP contribution in [0.15, 0.2) is 42.5 Å². The number of anilines is 2. The van der Waals surface area contributed by atoms with Gasteiger partial charge in [0.05, 0.1) is 16.7 Å². The number of esters is 1. The molecular weight excluding hydrogens is 298 g/mol. The van der Waals surface area contributed by atoms with Crippen molar-refractivity contribution in [1.29, 1.82) is 0 Å². The van der Waals surface area contributed by atoms with Crippen LogP contribution in [0.1, 0.15) is 31.1 Å². The molecule has 0 aromatic heterocycles. The molecule has 0 bridgehead atoms. The molecule has 2 aromatic carbocycles. The summed E-state index contributed by atoms with van der Waals surface area (Å²) in [5.74, 6) is -1.71. The molecule has 4 N–H and O–H groups in total. The highest BCUT2D eigenvalue weighted by molar-refractivity contribution is 6.21. The lowest BCUT2D eigenvalue weighted by molar-refractivity contribution is 0.0228. The van der Waals surface area contributed by atoms with Crippen molar-refractivity contribution in [3.05, 3.63) is 59.2 Å². The number of amides is 2. The van der Waals surface area contributed by atoms with Crippen molar-refractivity contribution in [2.24, 2.45) is 0 Å². The molecule has 2 aromatic rings. The maximum Gasteiger partial charge on any atom is 0.340 e. The summed E-state index contributed by atoms with van der Waals surface area (Å²) in [7, 11) is 0. The van der Waals surface area contributed by atoms with Crippen LogP contribution in [0.5, 0.6) is 0 Å². The fraction of sp³-hybridized carbons (Fsp3) is 0.0625. The number of nitrogens with zero attached hydrogens (tertiary/aromatic N) is 1. The van der Waals surface area contributed by atoms with Crippen LogP contribution >= 0.6 is 0 Å². The molecule has 0 atom stereocenters. The molecule has 116 valence electrons. The molecule has 1 aliphatic rings. The first-order chi connectivity index (χ1) is 11.0. The van der Waals surface area contributed by atoms with E-state index in [-0.39, 0.29) is 5.56 Å². The standard InChI is InChI=1S/C16H13N3O4/c17-10-5-9(6-11(18)7-10)16(22)23-8-19-14(20)12-3-1-2-4-13(12)15(19)21/h1-7H,8,17-18H2. The van der Waals surface area contributed by atoms with Crippen LogP contribution in [0.4, 0.5) is 11.4 Å². The number of carbonyl (C=O) groups is 3. The van der Waals surface area contributed by atoms with Crippen LogP contribution < -0.4 is 11.5 Å². The van der Waals surface area contributed by atoms with E-state index in [0.717, 1.165) is 4.90 Å². The topological polar surface area (TPSA) is 116 Å². The number of ether oxygens (including phenoxy) is 1. The zero-order chi connectivity index (χ0) is 16.6. The van der Waals surface area contributed by atoms with Crippen molar-refractivity contribution in [2.45, 2.75) is 0 Å². The molecule has 1 heterocycles. The lowest BCUT2D eigenvalue weighted by atomic mass is 10.1. The third-order valence-electron chi connectivity index (χ3n) is 3.42. The lowest BCUT2D eigenvalue weighted by Crippen LogP contribution is -2.33. The molecule has 23 heavy (non-hydrogen) atoms. The van der Waals surface area contributed by atoms with Gasteiger partial charge in [-0.15, -0.1) is 0 Å². The summed E-state index contributed by atoms with van der Waals surface area (Å²) in [6.45, 7) is -0.472. The Morgan fingerprint density at radius 3 is 2.00 bits per heavy atom. The zero-order valence-electron chi connectivity index (χ0n) is 12.0. The molecule has 7 nitrogen and oxygen atoms in total. The summed E-state index contributed by atoms with van der Waals surface area (Å²) < 4.78 is 5.03. The van der Waals surface area contributed by atoms with Crippen molar-refractivity contribution in [3.8, 4) is 0 Å². The second-order valence-electron chi connectivity index (χ2n) is 5.03. The van der Waals surface area contributed by atoms with Gasteiger partial charge in [-0.1, -0.05) is 12.1 Å². The molecule has 0 fully saturated rings. The van der Waals surface area contributed by atoms with Gasteiger partial charge in [0.25, 0.3) is 11.8 Å². The van der Waals surface area contributed by atoms with Crippen molar-refractivity contribution in [2.75, 3.05) is 18.2 Å². The monoisotopic (exact) mass is 311 g/mol. The molecule has 0 saturated heterocycles. The number of nitrogens with two attached hydrogens (primary N) is 2. The first-order valence-electron chi connectivity index (χ1n) is 6.76. The minimum Gasteiger partial charge on any atom is -0.440 e. The van der Waals surface area contributed by atoms with Crippen LogP contribution in [0.25, 0.3) is 0 Å². The highest BCUT2D eigenvalue weighted by atomic mass is 16.5. The number of hydrogen-bond donors (Lipinski definition) is 2. The lowest BCUT2D eigenvalue weighted by Gasteiger charge is -2.14. The van der Waals surface area contributed by atoms with Crippen molar-refractivity contribution < 1.29 is 19.1 Å². The number of hydrogen-bond acceptors (Lipinski definition) is 6. The largest absolute Gasteiger partial charge is 0.440 e. The van der Waals surface area contributed by atoms with Gasteiger partial charge in [-0.05, 0) is 30.3 Å². The molecule has 7 heteroatoms. The van der Waals surface area contributed by atoms with Gasteiger partial charge in [0.15, 0.2) is 6.73 Å². The smallest absolute Gasteiger partial charge is 0.340 e. The molecule has 3 rings (SSSR count). The van der Waals surface area contributed by atoms with Crippen molar-refractivity contribution in [3.63, 3.8) is 0 Å². The Morgan fingerprint density at radius 2 is 1.48 bits per heavy atom. The fourth-order valence-electron chi connectivity index (χ4n) is 2.36. The summed E-state index contributed by atoms with van der Waals surface area (Å²) in [5, 5.41) is 0. The molecular formula is C16H13N3O4.